The van der Waals surface area contributed by atoms with Gasteiger partial charge in [0.15, 0.2) is 0 Å². The number of aryl methyl sites for hydroxylation is 1. The molecule has 0 amide bonds. The van der Waals surface area contributed by atoms with Crippen LogP contribution in [0.5, 0.6) is 0 Å². The molecule has 1 aromatic heterocycles. The third-order valence-corrected chi connectivity index (χ3v) is 4.83. The number of benzene rings is 1. The summed E-state index contributed by atoms with van der Waals surface area (Å²) in [6.45, 7) is 2.43. The zero-order valence-corrected chi connectivity index (χ0v) is 12.4. The van der Waals surface area contributed by atoms with Crippen LogP contribution in [0.4, 0.5) is 0 Å². The van der Waals surface area contributed by atoms with Crippen LogP contribution in [0.15, 0.2) is 45.9 Å². The molecule has 0 aliphatic rings. The van der Waals surface area contributed by atoms with Crippen LogP contribution in [0, 0.1) is 6.92 Å². The minimum Gasteiger partial charge on any atom is -0.447 e. The van der Waals surface area contributed by atoms with E-state index >= 15 is 0 Å². The zero-order chi connectivity index (χ0) is 14.8. The van der Waals surface area contributed by atoms with Gasteiger partial charge in [-0.1, -0.05) is 24.3 Å². The van der Waals surface area contributed by atoms with E-state index in [0.717, 1.165) is 11.1 Å². The lowest BCUT2D eigenvalue weighted by molar-refractivity contribution is 0.387. The molecule has 0 aliphatic heterocycles. The van der Waals surface area contributed by atoms with Crippen molar-refractivity contribution >= 4 is 10.0 Å². The zero-order valence-electron chi connectivity index (χ0n) is 11.5. The normalized spacial score (nSPS) is 12.0. The van der Waals surface area contributed by atoms with Crippen LogP contribution in [-0.4, -0.2) is 19.8 Å². The highest BCUT2D eigenvalue weighted by atomic mass is 32.2. The molecule has 2 aromatic rings. The summed E-state index contributed by atoms with van der Waals surface area (Å²) in [6, 6.07) is 10.7. The molecule has 1 aromatic carbocycles. The molecule has 0 radical (unpaired) electrons. The van der Waals surface area contributed by atoms with Crippen molar-refractivity contribution in [2.24, 2.45) is 5.73 Å². The predicted molar refractivity (Wildman–Crippen MR) is 76.4 cm³/mol. The lowest BCUT2D eigenvalue weighted by atomic mass is 10.1. The Balaban J connectivity index is 2.23. The highest BCUT2D eigenvalue weighted by Crippen LogP contribution is 2.20. The minimum absolute atomic E-state index is 0.0750. The van der Waals surface area contributed by atoms with Crippen molar-refractivity contribution in [3.05, 3.63) is 53.3 Å². The first-order valence-corrected chi connectivity index (χ1v) is 7.69. The van der Waals surface area contributed by atoms with E-state index in [0.29, 0.717) is 12.3 Å². The van der Waals surface area contributed by atoms with Gasteiger partial charge in [-0.25, -0.2) is 8.42 Å². The Bertz CT molecular complexity index is 692. The van der Waals surface area contributed by atoms with Gasteiger partial charge in [0, 0.05) is 13.6 Å². The molecule has 0 saturated carbocycles. The van der Waals surface area contributed by atoms with E-state index in [1.807, 2.05) is 31.2 Å². The SMILES string of the molecule is Cc1ccccc1CN(C)S(=O)(=O)c1ccc(CN)o1. The average molecular weight is 294 g/mol. The number of nitrogens with zero attached hydrogens (tertiary/aromatic N) is 1. The molecule has 0 spiro atoms. The smallest absolute Gasteiger partial charge is 0.276 e. The third-order valence-electron chi connectivity index (χ3n) is 3.16. The second-order valence-corrected chi connectivity index (χ2v) is 6.59. The third kappa shape index (κ3) is 2.92. The summed E-state index contributed by atoms with van der Waals surface area (Å²) in [4.78, 5) is 0. The molecule has 0 unspecified atom stereocenters. The molecule has 5 nitrogen and oxygen atoms in total. The fourth-order valence-electron chi connectivity index (χ4n) is 1.87. The first-order valence-electron chi connectivity index (χ1n) is 6.25. The Morgan fingerprint density at radius 3 is 2.50 bits per heavy atom. The van der Waals surface area contributed by atoms with Crippen molar-refractivity contribution in [1.82, 2.24) is 4.31 Å². The van der Waals surface area contributed by atoms with Crippen molar-refractivity contribution < 1.29 is 12.8 Å². The molecule has 0 saturated heterocycles. The molecule has 20 heavy (non-hydrogen) atoms. The van der Waals surface area contributed by atoms with Crippen molar-refractivity contribution in [2.75, 3.05) is 7.05 Å². The molecule has 0 fully saturated rings. The van der Waals surface area contributed by atoms with Gasteiger partial charge in [0.05, 0.1) is 6.54 Å². The topological polar surface area (TPSA) is 76.5 Å². The molecule has 0 bridgehead atoms. The van der Waals surface area contributed by atoms with Crippen LogP contribution in [0.3, 0.4) is 0 Å². The van der Waals surface area contributed by atoms with Gasteiger partial charge in [-0.05, 0) is 30.2 Å². The summed E-state index contributed by atoms with van der Waals surface area (Å²) in [5.41, 5.74) is 7.44. The summed E-state index contributed by atoms with van der Waals surface area (Å²) in [7, 11) is -2.10. The average Bonchev–Trinajstić information content (AvgIpc) is 2.90. The maximum absolute atomic E-state index is 12.4. The van der Waals surface area contributed by atoms with Gasteiger partial charge in [0.2, 0.25) is 5.09 Å². The fourth-order valence-corrected chi connectivity index (χ4v) is 2.94. The Morgan fingerprint density at radius 2 is 1.90 bits per heavy atom. The minimum atomic E-state index is -3.63. The predicted octanol–water partition coefficient (Wildman–Crippen LogP) is 1.87. The van der Waals surface area contributed by atoms with E-state index in [2.05, 4.69) is 0 Å². The Kier molecular flexibility index (Phi) is 4.27. The van der Waals surface area contributed by atoms with Crippen LogP contribution in [-0.2, 0) is 23.1 Å². The maximum atomic E-state index is 12.4. The largest absolute Gasteiger partial charge is 0.447 e. The van der Waals surface area contributed by atoms with Crippen molar-refractivity contribution in [3.8, 4) is 0 Å². The van der Waals surface area contributed by atoms with Gasteiger partial charge in [-0.3, -0.25) is 0 Å². The Hall–Kier alpha value is -1.63. The van der Waals surface area contributed by atoms with Gasteiger partial charge < -0.3 is 10.2 Å². The fraction of sp³-hybridized carbons (Fsp3) is 0.286. The number of nitrogens with two attached hydrogens (primary N) is 1. The summed E-state index contributed by atoms with van der Waals surface area (Å²) >= 11 is 0. The highest BCUT2D eigenvalue weighted by molar-refractivity contribution is 7.88. The van der Waals surface area contributed by atoms with Crippen molar-refractivity contribution in [2.45, 2.75) is 25.1 Å². The monoisotopic (exact) mass is 294 g/mol. The van der Waals surface area contributed by atoms with Crippen LogP contribution >= 0.6 is 0 Å². The number of hydrogen-bond acceptors (Lipinski definition) is 4. The molecule has 108 valence electrons. The second-order valence-electron chi connectivity index (χ2n) is 4.61. The van der Waals surface area contributed by atoms with Crippen LogP contribution in [0.25, 0.3) is 0 Å². The van der Waals surface area contributed by atoms with Gasteiger partial charge in [0.1, 0.15) is 5.76 Å². The van der Waals surface area contributed by atoms with E-state index in [1.165, 1.54) is 17.4 Å². The molecule has 0 aliphatic carbocycles. The van der Waals surface area contributed by atoms with Gasteiger partial charge >= 0.3 is 0 Å². The quantitative estimate of drug-likeness (QED) is 0.913. The summed E-state index contributed by atoms with van der Waals surface area (Å²) in [5, 5.41) is -0.0750. The molecular weight excluding hydrogens is 276 g/mol. The Labute approximate surface area is 119 Å². The van der Waals surface area contributed by atoms with E-state index in [4.69, 9.17) is 10.2 Å². The van der Waals surface area contributed by atoms with E-state index < -0.39 is 10.0 Å². The van der Waals surface area contributed by atoms with Crippen molar-refractivity contribution in [3.63, 3.8) is 0 Å². The Morgan fingerprint density at radius 1 is 1.20 bits per heavy atom. The summed E-state index contributed by atoms with van der Waals surface area (Å²) in [5.74, 6) is 0.452. The number of furan rings is 1. The van der Waals surface area contributed by atoms with Gasteiger partial charge in [0.25, 0.3) is 10.0 Å². The molecule has 1 heterocycles. The summed E-state index contributed by atoms with van der Waals surface area (Å²) in [6.07, 6.45) is 0. The molecule has 2 N–H and O–H groups in total. The number of hydrogen-bond donors (Lipinski definition) is 1. The standard InChI is InChI=1S/C14H18N2O3S/c1-11-5-3-4-6-12(11)10-16(2)20(17,18)14-8-7-13(9-15)19-14/h3-8H,9-10,15H2,1-2H3. The molecule has 2 rings (SSSR count). The van der Waals surface area contributed by atoms with Gasteiger partial charge in [-0.2, -0.15) is 4.31 Å². The van der Waals surface area contributed by atoms with Gasteiger partial charge in [-0.15, -0.1) is 0 Å². The van der Waals surface area contributed by atoms with E-state index in [1.54, 1.807) is 6.07 Å². The van der Waals surface area contributed by atoms with E-state index in [9.17, 15) is 8.42 Å². The number of sulfonamides is 1. The second kappa shape index (κ2) is 5.78. The van der Waals surface area contributed by atoms with Crippen LogP contribution < -0.4 is 5.73 Å². The first-order chi connectivity index (χ1) is 9.45. The summed E-state index contributed by atoms with van der Waals surface area (Å²) < 4.78 is 31.2. The maximum Gasteiger partial charge on any atom is 0.276 e. The lowest BCUT2D eigenvalue weighted by Gasteiger charge is -2.16. The van der Waals surface area contributed by atoms with Crippen molar-refractivity contribution in [1.29, 1.82) is 0 Å². The molecular formula is C14H18N2O3S. The number of rotatable bonds is 5. The highest BCUT2D eigenvalue weighted by Gasteiger charge is 2.24. The molecule has 0 atom stereocenters. The van der Waals surface area contributed by atoms with Crippen LogP contribution in [0.1, 0.15) is 16.9 Å². The van der Waals surface area contributed by atoms with Crippen LogP contribution in [0.2, 0.25) is 0 Å². The van der Waals surface area contributed by atoms with E-state index in [-0.39, 0.29) is 11.6 Å². The molecule has 6 heteroatoms. The lowest BCUT2D eigenvalue weighted by Crippen LogP contribution is -2.26. The first kappa shape index (κ1) is 14.8.